The van der Waals surface area contributed by atoms with Crippen molar-refractivity contribution in [3.63, 3.8) is 0 Å². The van der Waals surface area contributed by atoms with E-state index >= 15 is 0 Å². The molecule has 0 radical (unpaired) electrons. The zero-order chi connectivity index (χ0) is 17.6. The highest BCUT2D eigenvalue weighted by atomic mass is 16.3. The number of phenolic OH excluding ortho intramolecular Hbond substituents is 1. The van der Waals surface area contributed by atoms with Crippen LogP contribution in [-0.4, -0.2) is 29.5 Å². The van der Waals surface area contributed by atoms with Gasteiger partial charge in [-0.25, -0.2) is 4.52 Å². The van der Waals surface area contributed by atoms with Crippen LogP contribution in [-0.2, 0) is 0 Å². The number of fused-ring (bicyclic) bond motifs is 1. The monoisotopic (exact) mass is 335 g/mol. The largest absolute Gasteiger partial charge is 0.507 e. The molecule has 0 aliphatic carbocycles. The van der Waals surface area contributed by atoms with Gasteiger partial charge in [0.05, 0.1) is 17.5 Å². The maximum Gasteiger partial charge on any atom is 0.275 e. The molecule has 0 aliphatic rings. The minimum absolute atomic E-state index is 0.0744. The van der Waals surface area contributed by atoms with Gasteiger partial charge in [0, 0.05) is 17.8 Å². The summed E-state index contributed by atoms with van der Waals surface area (Å²) in [5.74, 6) is 0.550. The van der Waals surface area contributed by atoms with Crippen molar-refractivity contribution >= 4 is 5.52 Å². The van der Waals surface area contributed by atoms with Gasteiger partial charge in [-0.2, -0.15) is 5.10 Å². The fourth-order valence-electron chi connectivity index (χ4n) is 2.93. The molecule has 3 aromatic heterocycles. The number of aromatic hydroxyl groups is 1. The van der Waals surface area contributed by atoms with Crippen LogP contribution in [0.5, 0.6) is 5.75 Å². The Balaban J connectivity index is 2.02. The van der Waals surface area contributed by atoms with Crippen LogP contribution >= 0.6 is 0 Å². The number of hydrogen-bond acceptors (Lipinski definition) is 4. The van der Waals surface area contributed by atoms with Crippen molar-refractivity contribution in [2.24, 2.45) is 0 Å². The summed E-state index contributed by atoms with van der Waals surface area (Å²) in [7, 11) is 0. The maximum absolute atomic E-state index is 12.3. The fraction of sp³-hybridized carbons (Fsp3) is 0.167. The van der Waals surface area contributed by atoms with Gasteiger partial charge in [0.15, 0.2) is 5.82 Å². The van der Waals surface area contributed by atoms with Crippen LogP contribution in [0.3, 0.4) is 0 Å². The highest BCUT2D eigenvalue weighted by Crippen LogP contribution is 2.36. The molecule has 2 N–H and O–H groups in total. The van der Waals surface area contributed by atoms with E-state index in [1.807, 2.05) is 30.7 Å². The van der Waals surface area contributed by atoms with Crippen LogP contribution in [0.25, 0.3) is 28.2 Å². The first-order chi connectivity index (χ1) is 12.1. The molecule has 0 amide bonds. The average Bonchev–Trinajstić information content (AvgIpc) is 3.21. The van der Waals surface area contributed by atoms with Crippen molar-refractivity contribution in [2.75, 3.05) is 0 Å². The van der Waals surface area contributed by atoms with E-state index in [4.69, 9.17) is 0 Å². The molecule has 25 heavy (non-hydrogen) atoms. The van der Waals surface area contributed by atoms with Gasteiger partial charge < -0.3 is 10.1 Å². The average molecular weight is 335 g/mol. The Kier molecular flexibility index (Phi) is 3.42. The minimum atomic E-state index is -0.226. The molecule has 0 saturated heterocycles. The lowest BCUT2D eigenvalue weighted by atomic mass is 10.1. The summed E-state index contributed by atoms with van der Waals surface area (Å²) in [4.78, 5) is 15.1. The molecule has 4 rings (SSSR count). The normalized spacial score (nSPS) is 11.5. The van der Waals surface area contributed by atoms with Crippen LogP contribution in [0.1, 0.15) is 19.9 Å². The van der Waals surface area contributed by atoms with Crippen LogP contribution in [0.2, 0.25) is 0 Å². The number of benzene rings is 1. The second-order valence-electron chi connectivity index (χ2n) is 6.10. The maximum atomic E-state index is 12.3. The van der Waals surface area contributed by atoms with Crippen molar-refractivity contribution in [3.05, 3.63) is 59.1 Å². The van der Waals surface area contributed by atoms with E-state index in [-0.39, 0.29) is 17.4 Å². The number of aromatic amines is 1. The summed E-state index contributed by atoms with van der Waals surface area (Å²) in [5.41, 5.74) is 2.25. The third-order valence-corrected chi connectivity index (χ3v) is 4.10. The van der Waals surface area contributed by atoms with Gasteiger partial charge in [0.25, 0.3) is 5.56 Å². The van der Waals surface area contributed by atoms with Crippen molar-refractivity contribution in [1.82, 2.24) is 24.4 Å². The SMILES string of the molecule is CC(C)n1ncc(-c2nn3cccc3c(=O)[nH]2)c1-c1ccccc1O. The van der Waals surface area contributed by atoms with Crippen molar-refractivity contribution in [1.29, 1.82) is 0 Å². The van der Waals surface area contributed by atoms with Gasteiger partial charge in [-0.1, -0.05) is 12.1 Å². The molecule has 0 aliphatic heterocycles. The summed E-state index contributed by atoms with van der Waals surface area (Å²) in [5, 5.41) is 19.2. The van der Waals surface area contributed by atoms with Crippen molar-refractivity contribution < 1.29 is 5.11 Å². The van der Waals surface area contributed by atoms with Gasteiger partial charge >= 0.3 is 0 Å². The van der Waals surface area contributed by atoms with E-state index in [9.17, 15) is 9.90 Å². The van der Waals surface area contributed by atoms with Gasteiger partial charge in [-0.3, -0.25) is 9.48 Å². The first kappa shape index (κ1) is 15.2. The molecule has 0 fully saturated rings. The molecule has 0 spiro atoms. The summed E-state index contributed by atoms with van der Waals surface area (Å²) >= 11 is 0. The third kappa shape index (κ3) is 2.40. The first-order valence-electron chi connectivity index (χ1n) is 8.00. The minimum Gasteiger partial charge on any atom is -0.507 e. The molecule has 4 aromatic rings. The summed E-state index contributed by atoms with van der Waals surface area (Å²) in [6.07, 6.45) is 3.38. The Morgan fingerprint density at radius 3 is 2.68 bits per heavy atom. The van der Waals surface area contributed by atoms with E-state index in [1.165, 1.54) is 4.52 Å². The Morgan fingerprint density at radius 2 is 1.92 bits per heavy atom. The van der Waals surface area contributed by atoms with E-state index < -0.39 is 0 Å². The van der Waals surface area contributed by atoms with Gasteiger partial charge in [-0.15, -0.1) is 5.10 Å². The van der Waals surface area contributed by atoms with Gasteiger partial charge in [-0.05, 0) is 38.1 Å². The molecule has 0 atom stereocenters. The second-order valence-corrected chi connectivity index (χ2v) is 6.10. The molecule has 3 heterocycles. The lowest BCUT2D eigenvalue weighted by molar-refractivity contribution is 0.474. The molecular formula is C18H17N5O2. The molecule has 1 aromatic carbocycles. The van der Waals surface area contributed by atoms with Crippen molar-refractivity contribution in [3.8, 4) is 28.4 Å². The molecule has 0 saturated carbocycles. The lowest BCUT2D eigenvalue weighted by Gasteiger charge is -2.14. The van der Waals surface area contributed by atoms with E-state index in [2.05, 4.69) is 15.2 Å². The van der Waals surface area contributed by atoms with Gasteiger partial charge in [0.2, 0.25) is 0 Å². The zero-order valence-electron chi connectivity index (χ0n) is 13.8. The second kappa shape index (κ2) is 5.62. The van der Waals surface area contributed by atoms with Crippen molar-refractivity contribution in [2.45, 2.75) is 19.9 Å². The van der Waals surface area contributed by atoms with Crippen LogP contribution in [0, 0.1) is 0 Å². The number of phenols is 1. The molecule has 0 unspecified atom stereocenters. The molecule has 7 nitrogen and oxygen atoms in total. The Morgan fingerprint density at radius 1 is 1.12 bits per heavy atom. The lowest BCUT2D eigenvalue weighted by Crippen LogP contribution is -2.13. The smallest absolute Gasteiger partial charge is 0.275 e. The highest BCUT2D eigenvalue weighted by Gasteiger charge is 2.21. The number of nitrogens with one attached hydrogen (secondary N) is 1. The zero-order valence-corrected chi connectivity index (χ0v) is 13.8. The number of rotatable bonds is 3. The third-order valence-electron chi connectivity index (χ3n) is 4.10. The van der Waals surface area contributed by atoms with Gasteiger partial charge in [0.1, 0.15) is 11.3 Å². The molecule has 0 bridgehead atoms. The standard InChI is InChI=1S/C18H17N5O2/c1-11(2)23-16(12-6-3-4-8-15(12)24)13(10-19-23)17-20-18(25)14-7-5-9-22(14)21-17/h3-11,24H,1-2H3,(H,20,21,25). The first-order valence-corrected chi connectivity index (χ1v) is 8.00. The highest BCUT2D eigenvalue weighted by molar-refractivity contribution is 5.80. The molecule has 7 heteroatoms. The number of nitrogens with zero attached hydrogens (tertiary/aromatic N) is 4. The quantitative estimate of drug-likeness (QED) is 0.602. The van der Waals surface area contributed by atoms with E-state index in [1.54, 1.807) is 36.7 Å². The fourth-order valence-corrected chi connectivity index (χ4v) is 2.93. The van der Waals surface area contributed by atoms with E-state index in [0.717, 1.165) is 0 Å². The summed E-state index contributed by atoms with van der Waals surface area (Å²) in [6, 6.07) is 10.6. The molecule has 126 valence electrons. The van der Waals surface area contributed by atoms with E-state index in [0.29, 0.717) is 28.2 Å². The topological polar surface area (TPSA) is 88.2 Å². The Bertz CT molecular complexity index is 1120. The van der Waals surface area contributed by atoms with Crippen LogP contribution in [0.4, 0.5) is 0 Å². The number of hydrogen-bond donors (Lipinski definition) is 2. The number of aromatic nitrogens is 5. The Labute approximate surface area is 143 Å². The summed E-state index contributed by atoms with van der Waals surface area (Å²) < 4.78 is 3.35. The Hall–Kier alpha value is -3.35. The number of para-hydroxylation sites is 1. The van der Waals surface area contributed by atoms with Crippen LogP contribution < -0.4 is 5.56 Å². The number of H-pyrrole nitrogens is 1. The molecular weight excluding hydrogens is 318 g/mol. The van der Waals surface area contributed by atoms with Crippen LogP contribution in [0.15, 0.2) is 53.6 Å². The predicted octanol–water partition coefficient (Wildman–Crippen LogP) is 2.84. The predicted molar refractivity (Wildman–Crippen MR) is 94.5 cm³/mol. The summed E-state index contributed by atoms with van der Waals surface area (Å²) in [6.45, 7) is 4.01.